The van der Waals surface area contributed by atoms with Crippen molar-refractivity contribution in [1.29, 1.82) is 0 Å². The number of aliphatic hydroxyl groups is 1. The lowest BCUT2D eigenvalue weighted by Crippen LogP contribution is -2.29. The van der Waals surface area contributed by atoms with E-state index in [9.17, 15) is 19.1 Å². The molecular formula is C33H32FN3O5S2. The third kappa shape index (κ3) is 6.48. The molecule has 11 heteroatoms. The van der Waals surface area contributed by atoms with Crippen LogP contribution in [0.5, 0.6) is 11.5 Å². The number of aromatic nitrogens is 2. The predicted molar refractivity (Wildman–Crippen MR) is 170 cm³/mol. The number of thioether (sulfide) groups is 1. The lowest BCUT2D eigenvalue weighted by atomic mass is 9.93. The van der Waals surface area contributed by atoms with Crippen molar-refractivity contribution in [1.82, 2.24) is 10.2 Å². The number of hydrogen-bond donors (Lipinski definition) is 1. The van der Waals surface area contributed by atoms with E-state index in [0.717, 1.165) is 40.9 Å². The van der Waals surface area contributed by atoms with Gasteiger partial charge in [0.15, 0.2) is 15.8 Å². The van der Waals surface area contributed by atoms with Gasteiger partial charge in [-0.25, -0.2) is 4.39 Å². The molecule has 4 aromatic rings. The number of Topliss-reactive ketones (excluding diaryl/α,β-unsaturated/α-hetero) is 1. The van der Waals surface area contributed by atoms with Gasteiger partial charge in [-0.2, -0.15) is 0 Å². The van der Waals surface area contributed by atoms with Crippen molar-refractivity contribution in [2.45, 2.75) is 49.7 Å². The molecule has 1 amide bonds. The number of anilines is 1. The summed E-state index contributed by atoms with van der Waals surface area (Å²) in [5, 5.41) is 20.4. The van der Waals surface area contributed by atoms with Crippen LogP contribution in [0.4, 0.5) is 9.52 Å². The fourth-order valence-corrected chi connectivity index (χ4v) is 6.69. The topological polar surface area (TPSA) is 102 Å². The Balaban J connectivity index is 1.58. The average Bonchev–Trinajstić information content (AvgIpc) is 3.59. The highest BCUT2D eigenvalue weighted by atomic mass is 32.2. The molecule has 1 unspecified atom stereocenters. The highest BCUT2D eigenvalue weighted by molar-refractivity contribution is 8.00. The van der Waals surface area contributed by atoms with Gasteiger partial charge in [0.2, 0.25) is 5.13 Å². The van der Waals surface area contributed by atoms with Crippen molar-refractivity contribution >= 4 is 45.7 Å². The highest BCUT2D eigenvalue weighted by Crippen LogP contribution is 2.46. The number of nitrogens with zero attached hydrogens (tertiary/aromatic N) is 3. The standard InChI is InChI=1S/C33H32FN3O5S2/c1-5-6-15-42-25-14-11-22(17-26(25)41-4)28-27(29(38)24-16-19(2)7-8-20(24)3)30(39)31(40)37(28)32-35-36-33(44-32)43-18-21-9-12-23(34)13-10-21/h7-14,16-17,28,38H,5-6,15,18H2,1-4H3/b29-27+. The second-order valence-corrected chi connectivity index (χ2v) is 12.5. The van der Waals surface area contributed by atoms with Gasteiger partial charge in [-0.05, 0) is 67.3 Å². The van der Waals surface area contributed by atoms with Crippen LogP contribution in [0.2, 0.25) is 0 Å². The first-order valence-electron chi connectivity index (χ1n) is 14.1. The smallest absolute Gasteiger partial charge is 0.301 e. The lowest BCUT2D eigenvalue weighted by Gasteiger charge is -2.23. The first kappa shape index (κ1) is 31.2. The zero-order valence-corrected chi connectivity index (χ0v) is 26.4. The van der Waals surface area contributed by atoms with Crippen LogP contribution in [-0.2, 0) is 15.3 Å². The Hall–Kier alpha value is -4.22. The maximum atomic E-state index is 13.7. The Morgan fingerprint density at radius 1 is 1.05 bits per heavy atom. The van der Waals surface area contributed by atoms with Crippen molar-refractivity contribution in [3.63, 3.8) is 0 Å². The van der Waals surface area contributed by atoms with Gasteiger partial charge >= 0.3 is 5.91 Å². The van der Waals surface area contributed by atoms with E-state index in [1.807, 2.05) is 26.0 Å². The molecule has 3 aromatic carbocycles. The Labute approximate surface area is 263 Å². The van der Waals surface area contributed by atoms with Gasteiger partial charge in [-0.15, -0.1) is 10.2 Å². The van der Waals surface area contributed by atoms with Crippen LogP contribution >= 0.6 is 23.1 Å². The van der Waals surface area contributed by atoms with Gasteiger partial charge in [-0.3, -0.25) is 14.5 Å². The van der Waals surface area contributed by atoms with E-state index in [-0.39, 0.29) is 22.3 Å². The van der Waals surface area contributed by atoms with Gasteiger partial charge in [0.05, 0.1) is 25.3 Å². The van der Waals surface area contributed by atoms with E-state index in [0.29, 0.717) is 39.3 Å². The van der Waals surface area contributed by atoms with Crippen LogP contribution < -0.4 is 14.4 Å². The Morgan fingerprint density at radius 2 is 1.82 bits per heavy atom. The molecule has 1 aromatic heterocycles. The van der Waals surface area contributed by atoms with Crippen molar-refractivity contribution < 1.29 is 28.6 Å². The van der Waals surface area contributed by atoms with Crippen LogP contribution in [0.15, 0.2) is 70.6 Å². The first-order chi connectivity index (χ1) is 21.2. The molecule has 1 atom stereocenters. The minimum Gasteiger partial charge on any atom is -0.507 e. The number of halogens is 1. The Morgan fingerprint density at radius 3 is 2.55 bits per heavy atom. The second-order valence-electron chi connectivity index (χ2n) is 10.4. The van der Waals surface area contributed by atoms with Crippen molar-refractivity contribution in [3.05, 3.63) is 99.9 Å². The molecule has 1 N–H and O–H groups in total. The number of aliphatic hydroxyl groups excluding tert-OH is 1. The number of aryl methyl sites for hydroxylation is 2. The summed E-state index contributed by atoms with van der Waals surface area (Å²) < 4.78 is 25.4. The van der Waals surface area contributed by atoms with Crippen LogP contribution in [0.3, 0.4) is 0 Å². The molecule has 1 fully saturated rings. The molecule has 44 heavy (non-hydrogen) atoms. The molecule has 0 bridgehead atoms. The maximum Gasteiger partial charge on any atom is 0.301 e. The number of benzene rings is 3. The van der Waals surface area contributed by atoms with Crippen LogP contribution in [0, 0.1) is 19.7 Å². The molecule has 0 spiro atoms. The number of rotatable bonds is 11. The van der Waals surface area contributed by atoms with E-state index < -0.39 is 17.7 Å². The number of methoxy groups -OCH3 is 1. The summed E-state index contributed by atoms with van der Waals surface area (Å²) in [5.41, 5.74) is 3.49. The highest BCUT2D eigenvalue weighted by Gasteiger charge is 2.48. The van der Waals surface area contributed by atoms with Gasteiger partial charge in [0.1, 0.15) is 11.6 Å². The van der Waals surface area contributed by atoms with Gasteiger partial charge < -0.3 is 14.6 Å². The van der Waals surface area contributed by atoms with Crippen molar-refractivity contribution in [2.24, 2.45) is 0 Å². The van der Waals surface area contributed by atoms with E-state index >= 15 is 0 Å². The largest absolute Gasteiger partial charge is 0.507 e. The maximum absolute atomic E-state index is 13.7. The molecule has 0 aliphatic carbocycles. The summed E-state index contributed by atoms with van der Waals surface area (Å²) in [6.45, 7) is 6.31. The average molecular weight is 634 g/mol. The summed E-state index contributed by atoms with van der Waals surface area (Å²) in [7, 11) is 1.52. The summed E-state index contributed by atoms with van der Waals surface area (Å²) in [4.78, 5) is 28.6. The van der Waals surface area contributed by atoms with E-state index in [1.165, 1.54) is 35.9 Å². The predicted octanol–water partition coefficient (Wildman–Crippen LogP) is 7.40. The summed E-state index contributed by atoms with van der Waals surface area (Å²) >= 11 is 2.54. The third-order valence-corrected chi connectivity index (χ3v) is 9.36. The zero-order chi connectivity index (χ0) is 31.4. The van der Waals surface area contributed by atoms with E-state index in [2.05, 4.69) is 17.1 Å². The molecule has 1 aliphatic rings. The normalized spacial score (nSPS) is 16.0. The Kier molecular flexibility index (Phi) is 9.65. The van der Waals surface area contributed by atoms with Crippen LogP contribution in [0.25, 0.3) is 5.76 Å². The number of ether oxygens (including phenoxy) is 2. The fourth-order valence-electron chi connectivity index (χ4n) is 4.87. The third-order valence-electron chi connectivity index (χ3n) is 7.23. The first-order valence-corrected chi connectivity index (χ1v) is 15.9. The van der Waals surface area contributed by atoms with E-state index in [1.54, 1.807) is 36.4 Å². The molecule has 0 saturated carbocycles. The summed E-state index contributed by atoms with van der Waals surface area (Å²) in [5.74, 6) is -0.752. The SMILES string of the molecule is CCCCOc1ccc(C2/C(=C(\O)c3cc(C)ccc3C)C(=O)C(=O)N2c2nnc(SCc3ccc(F)cc3)s2)cc1OC. The lowest BCUT2D eigenvalue weighted by molar-refractivity contribution is -0.132. The number of ketones is 1. The minimum absolute atomic E-state index is 0.0545. The van der Waals surface area contributed by atoms with Crippen molar-refractivity contribution in [3.8, 4) is 11.5 Å². The number of carbonyl (C=O) groups is 2. The molecule has 2 heterocycles. The monoisotopic (exact) mass is 633 g/mol. The summed E-state index contributed by atoms with van der Waals surface area (Å²) in [6, 6.07) is 15.9. The molecule has 8 nitrogen and oxygen atoms in total. The molecule has 5 rings (SSSR count). The quantitative estimate of drug-likeness (QED) is 0.0455. The molecule has 228 valence electrons. The summed E-state index contributed by atoms with van der Waals surface area (Å²) in [6.07, 6.45) is 1.85. The van der Waals surface area contributed by atoms with Gasteiger partial charge in [-0.1, -0.05) is 72.3 Å². The van der Waals surface area contributed by atoms with Gasteiger partial charge in [0, 0.05) is 11.3 Å². The molecular weight excluding hydrogens is 602 g/mol. The fraction of sp³-hybridized carbons (Fsp3) is 0.273. The van der Waals surface area contributed by atoms with Crippen molar-refractivity contribution in [2.75, 3.05) is 18.6 Å². The second kappa shape index (κ2) is 13.6. The minimum atomic E-state index is -1.00. The number of unbranched alkanes of at least 4 members (excludes halogenated alkanes) is 1. The number of hydrogen-bond acceptors (Lipinski definition) is 9. The Bertz CT molecular complexity index is 1720. The van der Waals surface area contributed by atoms with E-state index in [4.69, 9.17) is 9.47 Å². The van der Waals surface area contributed by atoms with Crippen LogP contribution in [0.1, 0.15) is 53.6 Å². The molecule has 1 saturated heterocycles. The van der Waals surface area contributed by atoms with Crippen LogP contribution in [-0.4, -0.2) is 40.7 Å². The molecule has 0 radical (unpaired) electrons. The zero-order valence-electron chi connectivity index (χ0n) is 24.8. The van der Waals surface area contributed by atoms with Gasteiger partial charge in [0.25, 0.3) is 5.78 Å². The number of carbonyl (C=O) groups excluding carboxylic acids is 2. The number of amides is 1. The molecule has 1 aliphatic heterocycles.